The summed E-state index contributed by atoms with van der Waals surface area (Å²) in [5, 5.41) is 3.94. The second-order valence-electron chi connectivity index (χ2n) is 4.78. The topological polar surface area (TPSA) is 24.9 Å². The van der Waals surface area contributed by atoms with Gasteiger partial charge in [0, 0.05) is 23.5 Å². The zero-order valence-electron chi connectivity index (χ0n) is 11.7. The second kappa shape index (κ2) is 6.82. The predicted octanol–water partition coefficient (Wildman–Crippen LogP) is 4.08. The normalized spacial score (nSPS) is 12.4. The molecule has 2 aromatic rings. The minimum atomic E-state index is -0.223. The highest BCUT2D eigenvalue weighted by atomic mass is 35.5. The van der Waals surface area contributed by atoms with E-state index in [0.717, 1.165) is 17.7 Å². The summed E-state index contributed by atoms with van der Waals surface area (Å²) in [5.41, 5.74) is 2.86. The van der Waals surface area contributed by atoms with Crippen LogP contribution in [-0.2, 0) is 6.42 Å². The van der Waals surface area contributed by atoms with Gasteiger partial charge in [-0.3, -0.25) is 4.98 Å². The predicted molar refractivity (Wildman–Crippen MR) is 80.5 cm³/mol. The van der Waals surface area contributed by atoms with Crippen LogP contribution in [0.25, 0.3) is 0 Å². The van der Waals surface area contributed by atoms with Gasteiger partial charge < -0.3 is 5.32 Å². The molecule has 106 valence electrons. The van der Waals surface area contributed by atoms with Gasteiger partial charge >= 0.3 is 0 Å². The van der Waals surface area contributed by atoms with Gasteiger partial charge in [-0.2, -0.15) is 0 Å². The van der Waals surface area contributed by atoms with E-state index >= 15 is 0 Å². The number of halogens is 2. The van der Waals surface area contributed by atoms with Crippen LogP contribution in [0.2, 0.25) is 5.02 Å². The lowest BCUT2D eigenvalue weighted by Crippen LogP contribution is -2.24. The fourth-order valence-corrected chi connectivity index (χ4v) is 2.49. The highest BCUT2D eigenvalue weighted by Gasteiger charge is 2.16. The molecule has 0 saturated heterocycles. The number of likely N-dealkylation sites (N-methyl/N-ethyl adjacent to an activating group) is 1. The number of pyridine rings is 1. The van der Waals surface area contributed by atoms with Gasteiger partial charge in [0.15, 0.2) is 0 Å². The molecule has 1 heterocycles. The van der Waals surface area contributed by atoms with E-state index in [4.69, 9.17) is 11.6 Å². The van der Waals surface area contributed by atoms with Gasteiger partial charge in [0.2, 0.25) is 0 Å². The van der Waals surface area contributed by atoms with Crippen LogP contribution in [-0.4, -0.2) is 11.5 Å². The van der Waals surface area contributed by atoms with Crippen LogP contribution < -0.4 is 5.32 Å². The van der Waals surface area contributed by atoms with Crippen molar-refractivity contribution in [1.82, 2.24) is 10.3 Å². The Balaban J connectivity index is 2.30. The van der Waals surface area contributed by atoms with Gasteiger partial charge in [-0.15, -0.1) is 0 Å². The van der Waals surface area contributed by atoms with Crippen molar-refractivity contribution < 1.29 is 4.39 Å². The van der Waals surface area contributed by atoms with Gasteiger partial charge in [0.05, 0.1) is 0 Å². The zero-order valence-corrected chi connectivity index (χ0v) is 12.4. The lowest BCUT2D eigenvalue weighted by atomic mass is 9.96. The maximum atomic E-state index is 13.9. The second-order valence-corrected chi connectivity index (χ2v) is 5.22. The number of rotatable bonds is 5. The Morgan fingerprint density at radius 1 is 1.35 bits per heavy atom. The molecular formula is C16H18ClFN2. The van der Waals surface area contributed by atoms with Crippen molar-refractivity contribution in [1.29, 1.82) is 0 Å². The largest absolute Gasteiger partial charge is 0.310 e. The Hall–Kier alpha value is -1.45. The monoisotopic (exact) mass is 292 g/mol. The SMILES string of the molecule is CCNC(Cc1cc(Cl)ccc1F)c1cnccc1C. The first-order valence-corrected chi connectivity index (χ1v) is 7.07. The molecule has 20 heavy (non-hydrogen) atoms. The van der Waals surface area contributed by atoms with Crippen LogP contribution in [0.1, 0.15) is 29.7 Å². The Bertz CT molecular complexity index is 586. The third kappa shape index (κ3) is 3.56. The van der Waals surface area contributed by atoms with Crippen molar-refractivity contribution in [2.75, 3.05) is 6.54 Å². The molecular weight excluding hydrogens is 275 g/mol. The molecule has 4 heteroatoms. The molecule has 0 saturated carbocycles. The molecule has 0 radical (unpaired) electrons. The van der Waals surface area contributed by atoms with E-state index in [0.29, 0.717) is 17.0 Å². The fraction of sp³-hybridized carbons (Fsp3) is 0.312. The minimum Gasteiger partial charge on any atom is -0.310 e. The Morgan fingerprint density at radius 3 is 2.85 bits per heavy atom. The molecule has 0 aliphatic heterocycles. The van der Waals surface area contributed by atoms with Gasteiger partial charge in [0.25, 0.3) is 0 Å². The number of nitrogens with zero attached hydrogens (tertiary/aromatic N) is 1. The number of benzene rings is 1. The van der Waals surface area contributed by atoms with Crippen LogP contribution in [0.5, 0.6) is 0 Å². The molecule has 1 aromatic heterocycles. The number of hydrogen-bond donors (Lipinski definition) is 1. The quantitative estimate of drug-likeness (QED) is 0.898. The van der Waals surface area contributed by atoms with Gasteiger partial charge in [-0.05, 0) is 60.8 Å². The van der Waals surface area contributed by atoms with Crippen LogP contribution >= 0.6 is 11.6 Å². The van der Waals surface area contributed by atoms with Gasteiger partial charge in [0.1, 0.15) is 5.82 Å². The third-order valence-electron chi connectivity index (χ3n) is 3.34. The Kier molecular flexibility index (Phi) is 5.10. The first kappa shape index (κ1) is 14.9. The van der Waals surface area contributed by atoms with Crippen LogP contribution in [0, 0.1) is 12.7 Å². The third-order valence-corrected chi connectivity index (χ3v) is 3.57. The summed E-state index contributed by atoms with van der Waals surface area (Å²) in [6.45, 7) is 4.88. The number of aromatic nitrogens is 1. The molecule has 0 aliphatic rings. The number of nitrogens with one attached hydrogen (secondary N) is 1. The molecule has 1 atom stereocenters. The highest BCUT2D eigenvalue weighted by molar-refractivity contribution is 6.30. The maximum absolute atomic E-state index is 13.9. The van der Waals surface area contributed by atoms with Gasteiger partial charge in [-0.25, -0.2) is 4.39 Å². The minimum absolute atomic E-state index is 0.0293. The van der Waals surface area contributed by atoms with E-state index in [1.807, 2.05) is 26.1 Å². The standard InChI is InChI=1S/C16H18ClFN2/c1-3-20-16(14-10-19-7-6-11(14)2)9-12-8-13(17)4-5-15(12)18/h4-8,10,16,20H,3,9H2,1-2H3. The fourth-order valence-electron chi connectivity index (χ4n) is 2.30. The molecule has 0 aliphatic carbocycles. The van der Waals surface area contributed by atoms with Crippen molar-refractivity contribution in [2.45, 2.75) is 26.3 Å². The van der Waals surface area contributed by atoms with Crippen LogP contribution in [0.4, 0.5) is 4.39 Å². The number of hydrogen-bond acceptors (Lipinski definition) is 2. The summed E-state index contributed by atoms with van der Waals surface area (Å²) < 4.78 is 13.9. The molecule has 2 rings (SSSR count). The molecule has 0 amide bonds. The Labute approximate surface area is 124 Å². The lowest BCUT2D eigenvalue weighted by Gasteiger charge is -2.20. The summed E-state index contributed by atoms with van der Waals surface area (Å²) in [6.07, 6.45) is 4.15. The first-order valence-electron chi connectivity index (χ1n) is 6.69. The van der Waals surface area contributed by atoms with E-state index in [9.17, 15) is 4.39 Å². The van der Waals surface area contributed by atoms with Gasteiger partial charge in [-0.1, -0.05) is 18.5 Å². The molecule has 1 unspecified atom stereocenters. The summed E-state index contributed by atoms with van der Waals surface area (Å²) in [4.78, 5) is 4.17. The Morgan fingerprint density at radius 2 is 2.15 bits per heavy atom. The van der Waals surface area contributed by atoms with E-state index in [2.05, 4.69) is 10.3 Å². The van der Waals surface area contributed by atoms with Crippen LogP contribution in [0.3, 0.4) is 0 Å². The summed E-state index contributed by atoms with van der Waals surface area (Å²) in [7, 11) is 0. The summed E-state index contributed by atoms with van der Waals surface area (Å²) >= 11 is 5.96. The molecule has 1 aromatic carbocycles. The molecule has 2 nitrogen and oxygen atoms in total. The average Bonchev–Trinajstić information content (AvgIpc) is 2.43. The van der Waals surface area contributed by atoms with E-state index in [1.54, 1.807) is 18.3 Å². The average molecular weight is 293 g/mol. The van der Waals surface area contributed by atoms with Crippen molar-refractivity contribution >= 4 is 11.6 Å². The lowest BCUT2D eigenvalue weighted by molar-refractivity contribution is 0.525. The smallest absolute Gasteiger partial charge is 0.126 e. The zero-order chi connectivity index (χ0) is 14.5. The van der Waals surface area contributed by atoms with E-state index in [1.165, 1.54) is 6.07 Å². The maximum Gasteiger partial charge on any atom is 0.126 e. The highest BCUT2D eigenvalue weighted by Crippen LogP contribution is 2.24. The van der Waals surface area contributed by atoms with Crippen molar-refractivity contribution in [3.8, 4) is 0 Å². The van der Waals surface area contributed by atoms with Crippen LogP contribution in [0.15, 0.2) is 36.7 Å². The van der Waals surface area contributed by atoms with Crippen molar-refractivity contribution in [2.24, 2.45) is 0 Å². The number of aryl methyl sites for hydroxylation is 1. The first-order chi connectivity index (χ1) is 9.61. The van der Waals surface area contributed by atoms with Crippen molar-refractivity contribution in [3.05, 3.63) is 64.2 Å². The summed E-state index contributed by atoms with van der Waals surface area (Å²) in [6, 6.07) is 6.66. The summed E-state index contributed by atoms with van der Waals surface area (Å²) in [5.74, 6) is -0.223. The molecule has 1 N–H and O–H groups in total. The molecule has 0 bridgehead atoms. The molecule has 0 fully saturated rings. The van der Waals surface area contributed by atoms with Crippen molar-refractivity contribution in [3.63, 3.8) is 0 Å². The van der Waals surface area contributed by atoms with E-state index < -0.39 is 0 Å². The van der Waals surface area contributed by atoms with E-state index in [-0.39, 0.29) is 11.9 Å². The molecule has 0 spiro atoms.